The summed E-state index contributed by atoms with van der Waals surface area (Å²) < 4.78 is 37.6. The number of benzene rings is 1. The number of hydrogen-bond donors (Lipinski definition) is 2. The number of cyclic esters (lactones) is 1. The Kier molecular flexibility index (Phi) is 15.7. The van der Waals surface area contributed by atoms with E-state index in [1.807, 2.05) is 39.8 Å². The van der Waals surface area contributed by atoms with Gasteiger partial charge in [-0.25, -0.2) is 4.79 Å². The molecule has 3 saturated heterocycles. The van der Waals surface area contributed by atoms with Gasteiger partial charge in [0.2, 0.25) is 0 Å². The van der Waals surface area contributed by atoms with Crippen molar-refractivity contribution in [2.45, 2.75) is 148 Å². The number of esters is 3. The molecule has 326 valence electrons. The molecule has 0 aliphatic carbocycles. The van der Waals surface area contributed by atoms with Crippen LogP contribution < -0.4 is 0 Å². The highest BCUT2D eigenvalue weighted by atomic mass is 16.7. The van der Waals surface area contributed by atoms with Gasteiger partial charge in [0.25, 0.3) is 5.69 Å². The SMILES string of the molecule is C=C1CO[C@H]2[C@@H](C)N(C1)C[C@H](C)C[C@@](C)(O)[C@H](O[C@@H]1O[C@H](C)C[C@H](N(C)C)[C@H]1OC(C)=O)[C@@H](C)C(OC(=O)c1ccc([N+](=O)[O-])cc1)[C@@H](C)C(=O)O[C@H](CC)[C@@]2(C)O. The van der Waals surface area contributed by atoms with Crippen LogP contribution >= 0.6 is 0 Å². The first-order chi connectivity index (χ1) is 27.0. The van der Waals surface area contributed by atoms with Gasteiger partial charge in [0.15, 0.2) is 12.4 Å². The quantitative estimate of drug-likeness (QED) is 0.124. The lowest BCUT2D eigenvalue weighted by molar-refractivity contribution is -0.384. The van der Waals surface area contributed by atoms with Gasteiger partial charge in [0.05, 0.1) is 46.9 Å². The number of likely N-dealkylation sites (N-methyl/N-ethyl adjacent to an activating group) is 1. The predicted octanol–water partition coefficient (Wildman–Crippen LogP) is 4.28. The molecular formula is C42H65N3O13. The van der Waals surface area contributed by atoms with Crippen molar-refractivity contribution < 1.29 is 57.9 Å². The second-order valence-electron chi connectivity index (χ2n) is 17.4. The summed E-state index contributed by atoms with van der Waals surface area (Å²) in [5.41, 5.74) is -2.82. The van der Waals surface area contributed by atoms with Gasteiger partial charge in [-0.15, -0.1) is 0 Å². The van der Waals surface area contributed by atoms with E-state index in [2.05, 4.69) is 11.5 Å². The Morgan fingerprint density at radius 1 is 1.07 bits per heavy atom. The van der Waals surface area contributed by atoms with Crippen LogP contribution in [0.5, 0.6) is 0 Å². The van der Waals surface area contributed by atoms with Crippen LogP contribution in [0.15, 0.2) is 36.4 Å². The van der Waals surface area contributed by atoms with E-state index in [1.165, 1.54) is 38.1 Å². The predicted molar refractivity (Wildman–Crippen MR) is 213 cm³/mol. The fourth-order valence-electron chi connectivity index (χ4n) is 9.06. The van der Waals surface area contributed by atoms with Gasteiger partial charge in [-0.3, -0.25) is 24.6 Å². The summed E-state index contributed by atoms with van der Waals surface area (Å²) in [5.74, 6) is -4.62. The molecule has 58 heavy (non-hydrogen) atoms. The van der Waals surface area contributed by atoms with Crippen LogP contribution in [0.3, 0.4) is 0 Å². The fourth-order valence-corrected chi connectivity index (χ4v) is 9.06. The van der Waals surface area contributed by atoms with Crippen molar-refractivity contribution in [1.82, 2.24) is 9.80 Å². The highest BCUT2D eigenvalue weighted by molar-refractivity contribution is 5.90. The van der Waals surface area contributed by atoms with Crippen molar-refractivity contribution >= 4 is 23.6 Å². The molecule has 1 aromatic carbocycles. The third-order valence-corrected chi connectivity index (χ3v) is 11.9. The molecule has 3 heterocycles. The van der Waals surface area contributed by atoms with Crippen LogP contribution in [0.4, 0.5) is 5.69 Å². The van der Waals surface area contributed by atoms with Gasteiger partial charge in [-0.1, -0.05) is 27.4 Å². The van der Waals surface area contributed by atoms with Crippen molar-refractivity contribution in [3.63, 3.8) is 0 Å². The molecule has 3 fully saturated rings. The number of rotatable bonds is 8. The van der Waals surface area contributed by atoms with Crippen molar-refractivity contribution in [1.29, 1.82) is 0 Å². The second-order valence-corrected chi connectivity index (χ2v) is 17.4. The van der Waals surface area contributed by atoms with Crippen LogP contribution in [0.2, 0.25) is 0 Å². The first-order valence-corrected chi connectivity index (χ1v) is 20.3. The van der Waals surface area contributed by atoms with E-state index in [-0.39, 0.29) is 54.8 Å². The van der Waals surface area contributed by atoms with E-state index in [0.717, 1.165) is 5.57 Å². The molecule has 3 aliphatic rings. The molecule has 3 aliphatic heterocycles. The van der Waals surface area contributed by atoms with Crippen LogP contribution in [-0.4, -0.2) is 143 Å². The minimum absolute atomic E-state index is 0.0141. The Balaban J connectivity index is 1.88. The first kappa shape index (κ1) is 47.2. The molecule has 0 radical (unpaired) electrons. The minimum Gasteiger partial charge on any atom is -0.459 e. The van der Waals surface area contributed by atoms with Crippen LogP contribution in [0, 0.1) is 27.9 Å². The smallest absolute Gasteiger partial charge is 0.338 e. The molecule has 0 aromatic heterocycles. The standard InChI is InChI=1S/C42H65N3O13/c1-13-33-42(10,50)37-28(7)44(21-24(3)22-53-37)20-23(2)19-41(9,49)36(58-40-35(55-29(8)46)32(43(11)12)18-25(4)54-40)26(5)34(27(6)38(47)56-33)57-39(48)30-14-16-31(17-15-30)45(51)52/h14-17,23,25-28,32-37,40,49-50H,3,13,18-22H2,1-2,4-12H3/t23-,25-,26+,27-,28-,32+,33-,34?,35-,36-,37+,40+,41-,42-/m1/s1. The van der Waals surface area contributed by atoms with Crippen molar-refractivity contribution in [2.75, 3.05) is 33.8 Å². The molecule has 15 atom stereocenters. The molecule has 4 rings (SSSR count). The monoisotopic (exact) mass is 819 g/mol. The molecule has 0 spiro atoms. The lowest BCUT2D eigenvalue weighted by Gasteiger charge is -2.47. The van der Waals surface area contributed by atoms with Crippen LogP contribution in [-0.2, 0) is 38.0 Å². The summed E-state index contributed by atoms with van der Waals surface area (Å²) in [6, 6.07) is 4.16. The summed E-state index contributed by atoms with van der Waals surface area (Å²) >= 11 is 0. The van der Waals surface area contributed by atoms with E-state index in [1.54, 1.807) is 27.7 Å². The largest absolute Gasteiger partial charge is 0.459 e. The normalized spacial score (nSPS) is 39.4. The van der Waals surface area contributed by atoms with Gasteiger partial charge in [-0.05, 0) is 91.6 Å². The van der Waals surface area contributed by atoms with Crippen LogP contribution in [0.1, 0.15) is 91.9 Å². The van der Waals surface area contributed by atoms with Gasteiger partial charge < -0.3 is 43.5 Å². The lowest BCUT2D eigenvalue weighted by Crippen LogP contribution is -2.60. The van der Waals surface area contributed by atoms with E-state index < -0.39 is 82.7 Å². The Hall–Kier alpha value is -3.51. The number of nitro groups is 1. The number of non-ortho nitro benzene ring substituents is 1. The molecule has 16 heteroatoms. The number of carbonyl (C=O) groups is 3. The third-order valence-electron chi connectivity index (χ3n) is 11.9. The molecule has 2 bridgehead atoms. The lowest BCUT2D eigenvalue weighted by atomic mass is 9.77. The number of carbonyl (C=O) groups excluding carboxylic acids is 3. The average Bonchev–Trinajstić information content (AvgIpc) is 3.27. The third kappa shape index (κ3) is 11.0. The van der Waals surface area contributed by atoms with E-state index in [4.69, 9.17) is 28.4 Å². The maximum atomic E-state index is 14.4. The molecule has 0 saturated carbocycles. The summed E-state index contributed by atoms with van der Waals surface area (Å²) in [7, 11) is 3.72. The molecule has 1 aromatic rings. The zero-order valence-electron chi connectivity index (χ0n) is 35.9. The highest BCUT2D eigenvalue weighted by Crippen LogP contribution is 2.39. The zero-order chi connectivity index (χ0) is 43.4. The Morgan fingerprint density at radius 3 is 2.28 bits per heavy atom. The maximum absolute atomic E-state index is 14.4. The number of hydrogen-bond acceptors (Lipinski definition) is 15. The van der Waals surface area contributed by atoms with Crippen molar-refractivity contribution in [3.8, 4) is 0 Å². The minimum atomic E-state index is -1.70. The van der Waals surface area contributed by atoms with E-state index >= 15 is 0 Å². The summed E-state index contributed by atoms with van der Waals surface area (Å²) in [6.45, 7) is 20.6. The van der Waals surface area contributed by atoms with Gasteiger partial charge in [0.1, 0.15) is 23.9 Å². The highest BCUT2D eigenvalue weighted by Gasteiger charge is 2.52. The number of aliphatic hydroxyl groups is 2. The number of fused-ring (bicyclic) bond motifs is 2. The number of nitrogens with zero attached hydrogens (tertiary/aromatic N) is 3. The zero-order valence-corrected chi connectivity index (χ0v) is 35.9. The maximum Gasteiger partial charge on any atom is 0.338 e. The average molecular weight is 820 g/mol. The number of nitro benzene ring substituents is 1. The van der Waals surface area contributed by atoms with Crippen molar-refractivity contribution in [2.24, 2.45) is 17.8 Å². The number of ether oxygens (including phenoxy) is 6. The second kappa shape index (κ2) is 19.3. The summed E-state index contributed by atoms with van der Waals surface area (Å²) in [4.78, 5) is 55.6. The molecule has 16 nitrogen and oxygen atoms in total. The Labute approximate surface area is 342 Å². The summed E-state index contributed by atoms with van der Waals surface area (Å²) in [5, 5.41) is 36.3. The van der Waals surface area contributed by atoms with Gasteiger partial charge >= 0.3 is 17.9 Å². The Morgan fingerprint density at radius 2 is 1.71 bits per heavy atom. The molecular weight excluding hydrogens is 754 g/mol. The summed E-state index contributed by atoms with van der Waals surface area (Å²) in [6.07, 6.45) is -5.98. The topological polar surface area (TPSA) is 197 Å². The molecule has 2 unspecified atom stereocenters. The fraction of sp³-hybridized carbons (Fsp3) is 0.738. The Bertz CT molecular complexity index is 1620. The van der Waals surface area contributed by atoms with E-state index in [9.17, 15) is 34.7 Å². The molecule has 2 N–H and O–H groups in total. The van der Waals surface area contributed by atoms with Gasteiger partial charge in [0, 0.05) is 44.1 Å². The van der Waals surface area contributed by atoms with E-state index in [0.29, 0.717) is 19.5 Å². The van der Waals surface area contributed by atoms with Crippen molar-refractivity contribution in [3.05, 3.63) is 52.1 Å². The first-order valence-electron chi connectivity index (χ1n) is 20.3. The van der Waals surface area contributed by atoms with Crippen LogP contribution in [0.25, 0.3) is 0 Å². The molecule has 0 amide bonds. The van der Waals surface area contributed by atoms with Gasteiger partial charge in [-0.2, -0.15) is 0 Å².